The van der Waals surface area contributed by atoms with Gasteiger partial charge < -0.3 is 20.1 Å². The van der Waals surface area contributed by atoms with Gasteiger partial charge in [0.2, 0.25) is 0 Å². The Kier molecular flexibility index (Phi) is 8.70. The van der Waals surface area contributed by atoms with E-state index in [1.807, 2.05) is 13.8 Å². The number of amides is 2. The number of nitrogens with one attached hydrogen (secondary N) is 2. The van der Waals surface area contributed by atoms with Gasteiger partial charge in [-0.1, -0.05) is 13.3 Å². The van der Waals surface area contributed by atoms with Gasteiger partial charge in [0.1, 0.15) is 6.54 Å². The van der Waals surface area contributed by atoms with Crippen LogP contribution >= 0.6 is 0 Å². The molecule has 10 heteroatoms. The Bertz CT molecular complexity index is 706. The lowest BCUT2D eigenvalue weighted by atomic mass is 10.1. The molecule has 148 valence electrons. The van der Waals surface area contributed by atoms with Gasteiger partial charge in [0.05, 0.1) is 12.0 Å². The predicted octanol–water partition coefficient (Wildman–Crippen LogP) is 1.18. The van der Waals surface area contributed by atoms with Crippen LogP contribution < -0.4 is 15.4 Å². The number of nitro benzene ring substituents is 1. The van der Waals surface area contributed by atoms with Crippen LogP contribution in [0.15, 0.2) is 18.2 Å². The molecule has 0 aliphatic heterocycles. The molecule has 0 aliphatic rings. The predicted molar refractivity (Wildman–Crippen MR) is 95.5 cm³/mol. The fourth-order valence-corrected chi connectivity index (χ4v) is 2.25. The summed E-state index contributed by atoms with van der Waals surface area (Å²) in [5, 5.41) is 15.9. The van der Waals surface area contributed by atoms with Gasteiger partial charge in [-0.05, 0) is 25.5 Å². The first-order chi connectivity index (χ1) is 12.8. The van der Waals surface area contributed by atoms with Gasteiger partial charge in [-0.3, -0.25) is 24.5 Å². The Morgan fingerprint density at radius 1 is 1.30 bits per heavy atom. The summed E-state index contributed by atoms with van der Waals surface area (Å²) in [6.07, 6.45) is 1.72. The van der Waals surface area contributed by atoms with Crippen LogP contribution in [0.2, 0.25) is 0 Å². The summed E-state index contributed by atoms with van der Waals surface area (Å²) in [6.45, 7) is 2.91. The number of rotatable bonds is 10. The van der Waals surface area contributed by atoms with E-state index in [1.165, 1.54) is 19.2 Å². The van der Waals surface area contributed by atoms with E-state index in [4.69, 9.17) is 9.47 Å². The lowest BCUT2D eigenvalue weighted by molar-refractivity contribution is -0.385. The van der Waals surface area contributed by atoms with Crippen molar-refractivity contribution < 1.29 is 28.8 Å². The molecule has 2 amide bonds. The highest BCUT2D eigenvalue weighted by atomic mass is 16.6. The molecule has 1 aromatic rings. The minimum absolute atomic E-state index is 0.0126. The number of hydrogen-bond donors (Lipinski definition) is 2. The van der Waals surface area contributed by atoms with Crippen LogP contribution in [0.3, 0.4) is 0 Å². The number of carbonyl (C=O) groups is 3. The Labute approximate surface area is 156 Å². The van der Waals surface area contributed by atoms with E-state index >= 15 is 0 Å². The first-order valence-corrected chi connectivity index (χ1v) is 8.34. The molecule has 0 spiro atoms. The number of nitro groups is 1. The number of ether oxygens (including phenoxy) is 2. The molecule has 0 bridgehead atoms. The first-order valence-electron chi connectivity index (χ1n) is 8.34. The molecule has 10 nitrogen and oxygen atoms in total. The maximum Gasteiger partial charge on any atom is 0.325 e. The van der Waals surface area contributed by atoms with Crippen LogP contribution in [-0.4, -0.2) is 49.0 Å². The lowest BCUT2D eigenvalue weighted by Gasteiger charge is -2.12. The van der Waals surface area contributed by atoms with Gasteiger partial charge in [0, 0.05) is 17.7 Å². The summed E-state index contributed by atoms with van der Waals surface area (Å²) in [5.41, 5.74) is -0.382. The zero-order valence-corrected chi connectivity index (χ0v) is 15.4. The minimum Gasteiger partial charge on any atom is -0.490 e. The zero-order chi connectivity index (χ0) is 20.4. The molecule has 1 aromatic carbocycles. The lowest BCUT2D eigenvalue weighted by Crippen LogP contribution is -2.37. The molecule has 1 rings (SSSR count). The van der Waals surface area contributed by atoms with E-state index in [0.29, 0.717) is 0 Å². The van der Waals surface area contributed by atoms with E-state index < -0.39 is 35.9 Å². The van der Waals surface area contributed by atoms with Gasteiger partial charge in [-0.2, -0.15) is 0 Å². The van der Waals surface area contributed by atoms with E-state index in [9.17, 15) is 24.5 Å². The van der Waals surface area contributed by atoms with Crippen molar-refractivity contribution in [2.45, 2.75) is 32.7 Å². The summed E-state index contributed by atoms with van der Waals surface area (Å²) in [7, 11) is 1.28. The van der Waals surface area contributed by atoms with Crippen molar-refractivity contribution in [2.75, 3.05) is 20.3 Å². The van der Waals surface area contributed by atoms with Crippen LogP contribution in [0.4, 0.5) is 5.69 Å². The SMILES string of the molecule is CCC[C@@H](C)NC(=O)COC(=O)CNC(=O)c1ccc(OC)c([N+](=O)[O-])c1. The quantitative estimate of drug-likeness (QED) is 0.353. The molecule has 0 unspecified atom stereocenters. The maximum absolute atomic E-state index is 12.0. The smallest absolute Gasteiger partial charge is 0.325 e. The molecular weight excluding hydrogens is 358 g/mol. The van der Waals surface area contributed by atoms with Crippen LogP contribution in [0.25, 0.3) is 0 Å². The minimum atomic E-state index is -0.801. The average Bonchev–Trinajstić information content (AvgIpc) is 2.63. The summed E-state index contributed by atoms with van der Waals surface area (Å²) in [4.78, 5) is 45.5. The molecule has 0 saturated heterocycles. The molecule has 27 heavy (non-hydrogen) atoms. The third-order valence-corrected chi connectivity index (χ3v) is 3.52. The number of carbonyl (C=O) groups excluding carboxylic acids is 3. The Morgan fingerprint density at radius 3 is 2.59 bits per heavy atom. The van der Waals surface area contributed by atoms with Gasteiger partial charge in [-0.25, -0.2) is 0 Å². The van der Waals surface area contributed by atoms with Crippen molar-refractivity contribution in [1.29, 1.82) is 0 Å². The highest BCUT2D eigenvalue weighted by Crippen LogP contribution is 2.27. The van der Waals surface area contributed by atoms with E-state index in [2.05, 4.69) is 10.6 Å². The monoisotopic (exact) mass is 381 g/mol. The van der Waals surface area contributed by atoms with Gasteiger partial charge in [0.25, 0.3) is 11.8 Å². The van der Waals surface area contributed by atoms with Gasteiger partial charge in [-0.15, -0.1) is 0 Å². The highest BCUT2D eigenvalue weighted by molar-refractivity contribution is 5.96. The second kappa shape index (κ2) is 10.7. The fourth-order valence-electron chi connectivity index (χ4n) is 2.25. The highest BCUT2D eigenvalue weighted by Gasteiger charge is 2.19. The van der Waals surface area contributed by atoms with E-state index in [-0.39, 0.29) is 23.0 Å². The largest absolute Gasteiger partial charge is 0.490 e. The van der Waals surface area contributed by atoms with Crippen molar-refractivity contribution in [2.24, 2.45) is 0 Å². The Morgan fingerprint density at radius 2 is 2.00 bits per heavy atom. The topological polar surface area (TPSA) is 137 Å². The summed E-state index contributed by atoms with van der Waals surface area (Å²) >= 11 is 0. The second-order valence-electron chi connectivity index (χ2n) is 5.74. The van der Waals surface area contributed by atoms with Crippen LogP contribution in [0.5, 0.6) is 5.75 Å². The van der Waals surface area contributed by atoms with Gasteiger partial charge >= 0.3 is 11.7 Å². The van der Waals surface area contributed by atoms with Crippen molar-refractivity contribution in [3.63, 3.8) is 0 Å². The van der Waals surface area contributed by atoms with E-state index in [1.54, 1.807) is 0 Å². The van der Waals surface area contributed by atoms with Crippen LogP contribution in [-0.2, 0) is 14.3 Å². The summed E-state index contributed by atoms with van der Waals surface area (Å²) in [5.74, 6) is -1.91. The average molecular weight is 381 g/mol. The number of benzene rings is 1. The van der Waals surface area contributed by atoms with E-state index in [0.717, 1.165) is 18.9 Å². The van der Waals surface area contributed by atoms with Crippen molar-refractivity contribution >= 4 is 23.5 Å². The maximum atomic E-state index is 12.0. The fraction of sp³-hybridized carbons (Fsp3) is 0.471. The molecule has 0 fully saturated rings. The Hall–Kier alpha value is -3.17. The third-order valence-electron chi connectivity index (χ3n) is 3.52. The molecule has 2 N–H and O–H groups in total. The zero-order valence-electron chi connectivity index (χ0n) is 15.4. The second-order valence-corrected chi connectivity index (χ2v) is 5.74. The molecule has 0 saturated carbocycles. The summed E-state index contributed by atoms with van der Waals surface area (Å²) in [6, 6.07) is 3.64. The molecule has 0 heterocycles. The molecule has 0 aliphatic carbocycles. The van der Waals surface area contributed by atoms with Crippen molar-refractivity contribution in [3.05, 3.63) is 33.9 Å². The first kappa shape index (κ1) is 21.9. The normalized spacial score (nSPS) is 11.2. The molecular formula is C17H23N3O7. The molecule has 1 atom stereocenters. The van der Waals surface area contributed by atoms with Crippen LogP contribution in [0.1, 0.15) is 37.0 Å². The Balaban J connectivity index is 2.50. The molecule has 0 radical (unpaired) electrons. The third kappa shape index (κ3) is 7.30. The van der Waals surface area contributed by atoms with Crippen molar-refractivity contribution in [3.8, 4) is 5.75 Å². The van der Waals surface area contributed by atoms with Crippen molar-refractivity contribution in [1.82, 2.24) is 10.6 Å². The number of hydrogen-bond acceptors (Lipinski definition) is 7. The molecule has 0 aromatic heterocycles. The summed E-state index contributed by atoms with van der Waals surface area (Å²) < 4.78 is 9.62. The number of nitrogens with zero attached hydrogens (tertiary/aromatic N) is 1. The van der Waals surface area contributed by atoms with Crippen LogP contribution in [0, 0.1) is 10.1 Å². The number of esters is 1. The number of methoxy groups -OCH3 is 1. The standard InChI is InChI=1S/C17H23N3O7/c1-4-5-11(2)19-15(21)10-27-16(22)9-18-17(23)12-6-7-14(26-3)13(8-12)20(24)25/h6-8,11H,4-5,9-10H2,1-3H3,(H,18,23)(H,19,21)/t11-/m1/s1. The van der Waals surface area contributed by atoms with Gasteiger partial charge in [0.15, 0.2) is 12.4 Å².